The van der Waals surface area contributed by atoms with E-state index in [2.05, 4.69) is 5.32 Å². The first-order valence-corrected chi connectivity index (χ1v) is 6.71. The smallest absolute Gasteiger partial charge is 0.318 e. The van der Waals surface area contributed by atoms with Crippen molar-refractivity contribution in [2.45, 2.75) is 60.0 Å². The highest BCUT2D eigenvalue weighted by atomic mass is 16.7. The van der Waals surface area contributed by atoms with Crippen molar-refractivity contribution in [3.63, 3.8) is 0 Å². The molecule has 1 rings (SSSR count). The number of hydrogen-bond donors (Lipinski definition) is 1. The molecule has 114 valence electrons. The first-order chi connectivity index (χ1) is 8.84. The lowest BCUT2D eigenvalue weighted by Crippen LogP contribution is -2.46. The molecule has 0 aromatic rings. The van der Waals surface area contributed by atoms with E-state index in [-0.39, 0.29) is 5.78 Å². The number of nitrogens with one attached hydrogen (secondary N) is 1. The molecule has 1 heterocycles. The summed E-state index contributed by atoms with van der Waals surface area (Å²) in [6.07, 6.45) is -0.736. The maximum atomic E-state index is 12.3. The maximum Gasteiger partial charge on any atom is 0.432 e. The molecule has 1 saturated heterocycles. The molecule has 1 N–H and O–H groups in total. The lowest BCUT2D eigenvalue weighted by Gasteiger charge is -2.25. The number of hydrogen-bond acceptors (Lipinski definition) is 4. The molecule has 1 aliphatic heterocycles. The van der Waals surface area contributed by atoms with Gasteiger partial charge in [-0.05, 0) is 33.1 Å². The molecule has 0 saturated carbocycles. The summed E-state index contributed by atoms with van der Waals surface area (Å²) >= 11 is 0. The van der Waals surface area contributed by atoms with Crippen LogP contribution in [0.25, 0.3) is 0 Å². The van der Waals surface area contributed by atoms with Crippen LogP contribution < -0.4 is 5.32 Å². The van der Waals surface area contributed by atoms with Gasteiger partial charge in [-0.15, -0.1) is 0 Å². The zero-order valence-electron chi connectivity index (χ0n) is 13.2. The molecule has 0 aromatic heterocycles. The van der Waals surface area contributed by atoms with Gasteiger partial charge in [0.2, 0.25) is 0 Å². The van der Waals surface area contributed by atoms with E-state index in [0.717, 1.165) is 5.06 Å². The number of amides is 2. The lowest BCUT2D eigenvalue weighted by molar-refractivity contribution is -0.169. The third-order valence-electron chi connectivity index (χ3n) is 3.04. The van der Waals surface area contributed by atoms with Crippen LogP contribution in [0.3, 0.4) is 0 Å². The standard InChI is InChI=1S/C14H24N2O4/c1-8-10(17)9(13(2,3)4)11(18)16(8)20-12(19)15-14(5,6)7/h8-9H,1-7H3,(H,15,19). The fraction of sp³-hybridized carbons (Fsp3) is 0.786. The minimum atomic E-state index is -0.778. The number of rotatable bonds is 1. The van der Waals surface area contributed by atoms with Crippen molar-refractivity contribution in [2.75, 3.05) is 0 Å². The summed E-state index contributed by atoms with van der Waals surface area (Å²) < 4.78 is 0. The van der Waals surface area contributed by atoms with Crippen LogP contribution >= 0.6 is 0 Å². The minimum absolute atomic E-state index is 0.217. The molecule has 6 nitrogen and oxygen atoms in total. The Balaban J connectivity index is 2.85. The normalized spacial score (nSPS) is 24.1. The highest BCUT2D eigenvalue weighted by Gasteiger charge is 2.52. The summed E-state index contributed by atoms with van der Waals surface area (Å²) in [5.41, 5.74) is -0.975. The molecule has 2 atom stereocenters. The predicted molar refractivity (Wildman–Crippen MR) is 73.6 cm³/mol. The van der Waals surface area contributed by atoms with E-state index in [0.29, 0.717) is 0 Å². The third kappa shape index (κ3) is 3.49. The number of carbonyl (C=O) groups excluding carboxylic acids is 3. The predicted octanol–water partition coefficient (Wildman–Crippen LogP) is 1.89. The highest BCUT2D eigenvalue weighted by molar-refractivity contribution is 6.10. The molecule has 2 unspecified atom stereocenters. The van der Waals surface area contributed by atoms with Gasteiger partial charge in [0, 0.05) is 5.54 Å². The summed E-state index contributed by atoms with van der Waals surface area (Å²) in [5, 5.41) is 3.48. The fourth-order valence-electron chi connectivity index (χ4n) is 2.14. The van der Waals surface area contributed by atoms with Gasteiger partial charge < -0.3 is 10.2 Å². The Kier molecular flexibility index (Phi) is 4.17. The van der Waals surface area contributed by atoms with Gasteiger partial charge in [0.1, 0.15) is 12.0 Å². The van der Waals surface area contributed by atoms with E-state index in [9.17, 15) is 14.4 Å². The summed E-state index contributed by atoms with van der Waals surface area (Å²) in [6.45, 7) is 12.4. The zero-order valence-corrected chi connectivity index (χ0v) is 13.2. The van der Waals surface area contributed by atoms with E-state index < -0.39 is 34.9 Å². The van der Waals surface area contributed by atoms with Gasteiger partial charge in [-0.25, -0.2) is 4.79 Å². The molecule has 0 spiro atoms. The monoisotopic (exact) mass is 284 g/mol. The quantitative estimate of drug-likeness (QED) is 0.746. The molecule has 1 fully saturated rings. The molecule has 20 heavy (non-hydrogen) atoms. The van der Waals surface area contributed by atoms with Crippen molar-refractivity contribution < 1.29 is 19.2 Å². The van der Waals surface area contributed by atoms with Gasteiger partial charge in [-0.2, -0.15) is 5.06 Å². The van der Waals surface area contributed by atoms with Crippen molar-refractivity contribution in [1.82, 2.24) is 10.4 Å². The third-order valence-corrected chi connectivity index (χ3v) is 3.04. The Labute approximate surface area is 119 Å². The van der Waals surface area contributed by atoms with Crippen molar-refractivity contribution >= 4 is 17.8 Å². The average Bonchev–Trinajstić information content (AvgIpc) is 2.38. The Morgan fingerprint density at radius 3 is 2.00 bits per heavy atom. The van der Waals surface area contributed by atoms with Crippen LogP contribution in [0.5, 0.6) is 0 Å². The maximum absolute atomic E-state index is 12.3. The number of hydroxylamine groups is 2. The Hall–Kier alpha value is -1.59. The molecular formula is C14H24N2O4. The minimum Gasteiger partial charge on any atom is -0.318 e. The fourth-order valence-corrected chi connectivity index (χ4v) is 2.14. The van der Waals surface area contributed by atoms with Crippen LogP contribution in [0.15, 0.2) is 0 Å². The topological polar surface area (TPSA) is 75.7 Å². The van der Waals surface area contributed by atoms with Crippen LogP contribution in [0.1, 0.15) is 48.5 Å². The number of carbonyl (C=O) groups is 3. The van der Waals surface area contributed by atoms with E-state index in [1.165, 1.54) is 0 Å². The molecule has 0 aliphatic carbocycles. The lowest BCUT2D eigenvalue weighted by atomic mass is 9.78. The summed E-state index contributed by atoms with van der Waals surface area (Å²) in [4.78, 5) is 41.2. The Morgan fingerprint density at radius 2 is 1.65 bits per heavy atom. The van der Waals surface area contributed by atoms with Crippen LogP contribution in [0, 0.1) is 11.3 Å². The highest BCUT2D eigenvalue weighted by Crippen LogP contribution is 2.35. The first kappa shape index (κ1) is 16.5. The molecule has 0 radical (unpaired) electrons. The van der Waals surface area contributed by atoms with Crippen LogP contribution in [0.4, 0.5) is 4.79 Å². The van der Waals surface area contributed by atoms with Gasteiger partial charge in [0.15, 0.2) is 5.78 Å². The van der Waals surface area contributed by atoms with Crippen molar-refractivity contribution in [3.8, 4) is 0 Å². The summed E-state index contributed by atoms with van der Waals surface area (Å²) in [7, 11) is 0. The molecule has 1 aliphatic rings. The summed E-state index contributed by atoms with van der Waals surface area (Å²) in [5.74, 6) is -1.45. The van der Waals surface area contributed by atoms with Gasteiger partial charge in [-0.1, -0.05) is 20.8 Å². The van der Waals surface area contributed by atoms with Crippen LogP contribution in [-0.2, 0) is 14.4 Å². The van der Waals surface area contributed by atoms with Gasteiger partial charge in [-0.3, -0.25) is 9.59 Å². The van der Waals surface area contributed by atoms with Gasteiger partial charge >= 0.3 is 6.09 Å². The Morgan fingerprint density at radius 1 is 1.15 bits per heavy atom. The molecule has 0 bridgehead atoms. The van der Waals surface area contributed by atoms with E-state index >= 15 is 0 Å². The van der Waals surface area contributed by atoms with Gasteiger partial charge in [0.25, 0.3) is 5.91 Å². The van der Waals surface area contributed by atoms with Crippen LogP contribution in [-0.4, -0.2) is 34.4 Å². The van der Waals surface area contributed by atoms with Crippen molar-refractivity contribution in [1.29, 1.82) is 0 Å². The van der Waals surface area contributed by atoms with E-state index in [1.54, 1.807) is 27.7 Å². The summed E-state index contributed by atoms with van der Waals surface area (Å²) in [6, 6.07) is -0.752. The second-order valence-electron chi connectivity index (χ2n) is 7.30. The molecule has 2 amide bonds. The average molecular weight is 284 g/mol. The second-order valence-corrected chi connectivity index (χ2v) is 7.30. The molecule has 0 aromatic carbocycles. The molecule has 6 heteroatoms. The Bertz CT molecular complexity index is 431. The number of nitrogens with zero attached hydrogens (tertiary/aromatic N) is 1. The largest absolute Gasteiger partial charge is 0.432 e. The van der Waals surface area contributed by atoms with E-state index in [1.807, 2.05) is 20.8 Å². The first-order valence-electron chi connectivity index (χ1n) is 6.71. The van der Waals surface area contributed by atoms with Crippen LogP contribution in [0.2, 0.25) is 0 Å². The number of Topliss-reactive ketones (excluding diaryl/α,β-unsaturated/α-hetero) is 1. The van der Waals surface area contributed by atoms with Crippen molar-refractivity contribution in [2.24, 2.45) is 11.3 Å². The zero-order chi connectivity index (χ0) is 15.9. The van der Waals surface area contributed by atoms with Crippen molar-refractivity contribution in [3.05, 3.63) is 0 Å². The number of ketones is 1. The molecular weight excluding hydrogens is 260 g/mol. The second kappa shape index (κ2) is 5.07. The van der Waals surface area contributed by atoms with Gasteiger partial charge in [0.05, 0.1) is 0 Å². The SMILES string of the molecule is CC1C(=O)C(C(C)(C)C)C(=O)N1OC(=O)NC(C)(C)C. The van der Waals surface area contributed by atoms with E-state index in [4.69, 9.17) is 4.84 Å².